The Bertz CT molecular complexity index is 955. The largest absolute Gasteiger partial charge is 0.494 e. The molecule has 1 aliphatic rings. The molecule has 28 heavy (non-hydrogen) atoms. The predicted octanol–water partition coefficient (Wildman–Crippen LogP) is 4.12. The van der Waals surface area contributed by atoms with Gasteiger partial charge in [-0.05, 0) is 78.6 Å². The first-order valence-electron chi connectivity index (χ1n) is 9.44. The Balaban J connectivity index is 1.41. The molecule has 0 saturated carbocycles. The lowest BCUT2D eigenvalue weighted by Crippen LogP contribution is -2.33. The first-order chi connectivity index (χ1) is 13.7. The predicted molar refractivity (Wildman–Crippen MR) is 109 cm³/mol. The molecule has 0 saturated heterocycles. The normalized spacial score (nSPS) is 12.5. The molecule has 0 N–H and O–H groups in total. The second-order valence-electron chi connectivity index (χ2n) is 6.57. The average molecular weight is 374 g/mol. The molecule has 0 unspecified atom stereocenters. The van der Waals surface area contributed by atoms with Gasteiger partial charge in [0.25, 0.3) is 5.91 Å². The van der Waals surface area contributed by atoms with Gasteiger partial charge in [-0.15, -0.1) is 0 Å². The van der Waals surface area contributed by atoms with E-state index in [4.69, 9.17) is 9.47 Å². The van der Waals surface area contributed by atoms with E-state index in [0.717, 1.165) is 29.0 Å². The summed E-state index contributed by atoms with van der Waals surface area (Å²) in [5.41, 5.74) is 4.42. The second kappa shape index (κ2) is 8.13. The van der Waals surface area contributed by atoms with E-state index in [-0.39, 0.29) is 12.5 Å². The van der Waals surface area contributed by atoms with Gasteiger partial charge < -0.3 is 14.4 Å². The fourth-order valence-corrected chi connectivity index (χ4v) is 3.41. The minimum atomic E-state index is -0.0377. The number of rotatable bonds is 6. The van der Waals surface area contributed by atoms with Crippen LogP contribution in [0.1, 0.15) is 12.5 Å². The molecule has 0 bridgehead atoms. The molecule has 142 valence electrons. The van der Waals surface area contributed by atoms with Crippen LogP contribution in [0.4, 0.5) is 5.69 Å². The number of hydrogen-bond donors (Lipinski definition) is 0. The van der Waals surface area contributed by atoms with Crippen molar-refractivity contribution in [3.8, 4) is 22.6 Å². The van der Waals surface area contributed by atoms with Crippen molar-refractivity contribution in [2.24, 2.45) is 0 Å². The van der Waals surface area contributed by atoms with Gasteiger partial charge in [-0.1, -0.05) is 6.07 Å². The van der Waals surface area contributed by atoms with Crippen molar-refractivity contribution in [1.29, 1.82) is 0 Å². The molecule has 5 nitrogen and oxygen atoms in total. The van der Waals surface area contributed by atoms with E-state index in [1.54, 1.807) is 17.3 Å². The molecule has 0 atom stereocenters. The Morgan fingerprint density at radius 1 is 0.964 bits per heavy atom. The molecule has 1 aliphatic heterocycles. The molecule has 2 heterocycles. The van der Waals surface area contributed by atoms with E-state index in [1.165, 1.54) is 5.56 Å². The third-order valence-corrected chi connectivity index (χ3v) is 4.79. The Labute approximate surface area is 164 Å². The lowest BCUT2D eigenvalue weighted by Gasteiger charge is -2.18. The van der Waals surface area contributed by atoms with Gasteiger partial charge in [0.2, 0.25) is 0 Å². The molecular formula is C23H22N2O3. The van der Waals surface area contributed by atoms with Crippen LogP contribution in [0.15, 0.2) is 67.0 Å². The van der Waals surface area contributed by atoms with E-state index in [9.17, 15) is 4.79 Å². The number of aromatic nitrogens is 1. The Morgan fingerprint density at radius 3 is 2.39 bits per heavy atom. The maximum atomic E-state index is 12.7. The zero-order valence-corrected chi connectivity index (χ0v) is 15.8. The third kappa shape index (κ3) is 3.83. The third-order valence-electron chi connectivity index (χ3n) is 4.79. The lowest BCUT2D eigenvalue weighted by molar-refractivity contribution is -0.120. The van der Waals surface area contributed by atoms with Crippen LogP contribution in [0.5, 0.6) is 11.5 Å². The summed E-state index contributed by atoms with van der Waals surface area (Å²) >= 11 is 0. The van der Waals surface area contributed by atoms with Crippen LogP contribution in [0.3, 0.4) is 0 Å². The Hall–Kier alpha value is -3.34. The maximum Gasteiger partial charge on any atom is 0.264 e. The van der Waals surface area contributed by atoms with Crippen LogP contribution in [-0.4, -0.2) is 30.6 Å². The molecule has 5 heteroatoms. The summed E-state index contributed by atoms with van der Waals surface area (Å²) in [7, 11) is 0. The van der Waals surface area contributed by atoms with Crippen molar-refractivity contribution >= 4 is 11.6 Å². The molecule has 4 rings (SSSR count). The minimum Gasteiger partial charge on any atom is -0.494 e. The maximum absolute atomic E-state index is 12.7. The number of pyridine rings is 1. The van der Waals surface area contributed by atoms with Crippen molar-refractivity contribution in [3.05, 3.63) is 72.6 Å². The van der Waals surface area contributed by atoms with Gasteiger partial charge in [-0.3, -0.25) is 9.78 Å². The van der Waals surface area contributed by atoms with Gasteiger partial charge in [-0.25, -0.2) is 0 Å². The summed E-state index contributed by atoms with van der Waals surface area (Å²) in [6.07, 6.45) is 4.43. The van der Waals surface area contributed by atoms with Crippen molar-refractivity contribution < 1.29 is 14.3 Å². The summed E-state index contributed by atoms with van der Waals surface area (Å²) in [4.78, 5) is 18.5. The number of carbonyl (C=O) groups is 1. The minimum absolute atomic E-state index is 0.0134. The van der Waals surface area contributed by atoms with Gasteiger partial charge in [0.05, 0.1) is 6.61 Å². The second-order valence-corrected chi connectivity index (χ2v) is 6.57. The standard InChI is InChI=1S/C23H22N2O3/c1-2-27-20-4-6-21(7-5-20)28-16-23(26)25-14-11-19-15-18(3-8-22(19)25)17-9-12-24-13-10-17/h3-10,12-13,15H,2,11,14,16H2,1H3. The number of nitrogens with zero attached hydrogens (tertiary/aromatic N) is 2. The molecule has 3 aromatic rings. The zero-order chi connectivity index (χ0) is 19.3. The van der Waals surface area contributed by atoms with Crippen LogP contribution in [0, 0.1) is 0 Å². The number of carbonyl (C=O) groups excluding carboxylic acids is 1. The van der Waals surface area contributed by atoms with E-state index in [1.807, 2.05) is 55.5 Å². The number of benzene rings is 2. The van der Waals surface area contributed by atoms with E-state index in [2.05, 4.69) is 11.1 Å². The highest BCUT2D eigenvalue weighted by atomic mass is 16.5. The number of amides is 1. The monoisotopic (exact) mass is 374 g/mol. The number of anilines is 1. The van der Waals surface area contributed by atoms with Crippen LogP contribution >= 0.6 is 0 Å². The quantitative estimate of drug-likeness (QED) is 0.651. The van der Waals surface area contributed by atoms with Gasteiger partial charge in [0.15, 0.2) is 6.61 Å². The highest BCUT2D eigenvalue weighted by Gasteiger charge is 2.25. The average Bonchev–Trinajstić information content (AvgIpc) is 3.17. The first kappa shape index (κ1) is 18.0. The van der Waals surface area contributed by atoms with Gasteiger partial charge in [-0.2, -0.15) is 0 Å². The fourth-order valence-electron chi connectivity index (χ4n) is 3.41. The van der Waals surface area contributed by atoms with Crippen LogP contribution < -0.4 is 14.4 Å². The molecule has 2 aromatic carbocycles. The van der Waals surface area contributed by atoms with Crippen molar-refractivity contribution in [2.75, 3.05) is 24.7 Å². The number of fused-ring (bicyclic) bond motifs is 1. The summed E-state index contributed by atoms with van der Waals surface area (Å²) < 4.78 is 11.1. The SMILES string of the molecule is CCOc1ccc(OCC(=O)N2CCc3cc(-c4ccncc4)ccc32)cc1. The van der Waals surface area contributed by atoms with Gasteiger partial charge in [0.1, 0.15) is 11.5 Å². The van der Waals surface area contributed by atoms with Crippen LogP contribution in [0.25, 0.3) is 11.1 Å². The van der Waals surface area contributed by atoms with Crippen molar-refractivity contribution in [1.82, 2.24) is 4.98 Å². The molecule has 0 aliphatic carbocycles. The molecule has 0 spiro atoms. The van der Waals surface area contributed by atoms with Crippen molar-refractivity contribution in [3.63, 3.8) is 0 Å². The molecule has 0 fully saturated rings. The Morgan fingerprint density at radius 2 is 1.68 bits per heavy atom. The number of hydrogen-bond acceptors (Lipinski definition) is 4. The van der Waals surface area contributed by atoms with Crippen LogP contribution in [0.2, 0.25) is 0 Å². The number of ether oxygens (including phenoxy) is 2. The van der Waals surface area contributed by atoms with E-state index >= 15 is 0 Å². The Kier molecular flexibility index (Phi) is 5.24. The van der Waals surface area contributed by atoms with E-state index < -0.39 is 0 Å². The smallest absolute Gasteiger partial charge is 0.264 e. The van der Waals surface area contributed by atoms with E-state index in [0.29, 0.717) is 18.9 Å². The van der Waals surface area contributed by atoms with Crippen LogP contribution in [-0.2, 0) is 11.2 Å². The molecule has 0 radical (unpaired) electrons. The molecular weight excluding hydrogens is 352 g/mol. The lowest BCUT2D eigenvalue weighted by atomic mass is 10.0. The highest BCUT2D eigenvalue weighted by Crippen LogP contribution is 2.32. The molecule has 1 amide bonds. The summed E-state index contributed by atoms with van der Waals surface area (Å²) in [6.45, 7) is 3.26. The van der Waals surface area contributed by atoms with Gasteiger partial charge in [0, 0.05) is 24.6 Å². The van der Waals surface area contributed by atoms with Gasteiger partial charge >= 0.3 is 0 Å². The fraction of sp³-hybridized carbons (Fsp3) is 0.217. The first-order valence-corrected chi connectivity index (χ1v) is 9.44. The zero-order valence-electron chi connectivity index (χ0n) is 15.8. The topological polar surface area (TPSA) is 51.7 Å². The highest BCUT2D eigenvalue weighted by molar-refractivity contribution is 5.96. The summed E-state index contributed by atoms with van der Waals surface area (Å²) in [5.74, 6) is 1.41. The van der Waals surface area contributed by atoms with Crippen molar-refractivity contribution in [2.45, 2.75) is 13.3 Å². The summed E-state index contributed by atoms with van der Waals surface area (Å²) in [5, 5.41) is 0. The molecule has 1 aromatic heterocycles. The summed E-state index contributed by atoms with van der Waals surface area (Å²) in [6, 6.07) is 17.5.